The molecule has 4 aromatic rings. The van der Waals surface area contributed by atoms with E-state index in [9.17, 15) is 14.4 Å². The van der Waals surface area contributed by atoms with Crippen LogP contribution >= 0.6 is 10.6 Å². The summed E-state index contributed by atoms with van der Waals surface area (Å²) in [6.45, 7) is 1.59. The van der Waals surface area contributed by atoms with Crippen molar-refractivity contribution in [1.82, 2.24) is 24.5 Å². The lowest BCUT2D eigenvalue weighted by molar-refractivity contribution is 0.360. The lowest BCUT2D eigenvalue weighted by atomic mass is 9.96. The Bertz CT molecular complexity index is 1410. The summed E-state index contributed by atoms with van der Waals surface area (Å²) in [7, 11) is -2.77. The van der Waals surface area contributed by atoms with Crippen LogP contribution in [0.1, 0.15) is 24.4 Å². The molecule has 2 aliphatic heterocycles. The maximum atomic E-state index is 10.3. The Morgan fingerprint density at radius 3 is 3.03 bits per heavy atom. The van der Waals surface area contributed by atoms with Gasteiger partial charge in [-0.2, -0.15) is 15.9 Å². The topological polar surface area (TPSA) is 127 Å². The second-order valence-electron chi connectivity index (χ2n) is 8.99. The van der Waals surface area contributed by atoms with E-state index in [-0.39, 0.29) is 12.0 Å². The van der Waals surface area contributed by atoms with E-state index < -0.39 is 10.6 Å². The third-order valence-corrected chi connectivity index (χ3v) is 8.75. The molecule has 0 aliphatic carbocycles. The van der Waals surface area contributed by atoms with Crippen molar-refractivity contribution in [3.05, 3.63) is 54.7 Å². The number of hydrogen-bond acceptors (Lipinski definition) is 7. The number of nitrogens with one attached hydrogen (secondary N) is 1. The molecule has 6 heterocycles. The highest BCUT2D eigenvalue weighted by atomic mass is 32.3. The number of aromatic nitrogens is 5. The third kappa shape index (κ3) is 3.53. The number of hydrogen-bond donors (Lipinski definition) is 3. The SMILES string of the molecule is N#CCC(C1CCN(c2ccc3c(n2)S(O)(O)CC3)C1)n1ccc(-c2ncnc3[nH]ccc23)c1. The molecule has 0 bridgehead atoms. The van der Waals surface area contributed by atoms with Crippen molar-refractivity contribution in [3.8, 4) is 17.3 Å². The van der Waals surface area contributed by atoms with Crippen LogP contribution in [0.3, 0.4) is 0 Å². The second-order valence-corrected chi connectivity index (χ2v) is 11.1. The molecule has 1 fully saturated rings. The molecule has 1 saturated heterocycles. The fraction of sp³-hybridized carbons (Fsp3) is 0.333. The largest absolute Gasteiger partial charge is 0.356 e. The number of nitriles is 1. The lowest BCUT2D eigenvalue weighted by Gasteiger charge is -2.27. The Labute approximate surface area is 198 Å². The van der Waals surface area contributed by atoms with E-state index in [4.69, 9.17) is 0 Å². The molecule has 174 valence electrons. The van der Waals surface area contributed by atoms with Crippen molar-refractivity contribution < 1.29 is 9.11 Å². The van der Waals surface area contributed by atoms with Crippen molar-refractivity contribution in [2.24, 2.45) is 5.92 Å². The van der Waals surface area contributed by atoms with E-state index in [0.717, 1.165) is 53.2 Å². The van der Waals surface area contributed by atoms with Crippen LogP contribution in [-0.4, -0.2) is 52.5 Å². The highest BCUT2D eigenvalue weighted by molar-refractivity contribution is 8.24. The molecule has 2 aliphatic rings. The Hall–Kier alpha value is -3.39. The first-order valence-electron chi connectivity index (χ1n) is 11.4. The molecule has 2 atom stereocenters. The van der Waals surface area contributed by atoms with Gasteiger partial charge in [0.05, 0.1) is 24.2 Å². The van der Waals surface area contributed by atoms with Gasteiger partial charge in [0.1, 0.15) is 17.8 Å². The summed E-state index contributed by atoms with van der Waals surface area (Å²) >= 11 is 0. The van der Waals surface area contributed by atoms with E-state index in [1.807, 2.05) is 36.7 Å². The van der Waals surface area contributed by atoms with Crippen molar-refractivity contribution in [3.63, 3.8) is 0 Å². The maximum absolute atomic E-state index is 10.3. The highest BCUT2D eigenvalue weighted by Crippen LogP contribution is 2.54. The molecule has 6 rings (SSSR count). The molecule has 0 amide bonds. The summed E-state index contributed by atoms with van der Waals surface area (Å²) in [6, 6.07) is 10.4. The molecule has 0 saturated carbocycles. The zero-order valence-electron chi connectivity index (χ0n) is 18.5. The minimum atomic E-state index is -2.77. The van der Waals surface area contributed by atoms with Gasteiger partial charge in [0.25, 0.3) is 0 Å². The van der Waals surface area contributed by atoms with Gasteiger partial charge in [0.2, 0.25) is 0 Å². The van der Waals surface area contributed by atoms with E-state index in [1.54, 1.807) is 6.33 Å². The molecule has 34 heavy (non-hydrogen) atoms. The Kier molecular flexibility index (Phi) is 5.06. The van der Waals surface area contributed by atoms with Gasteiger partial charge in [-0.15, -0.1) is 0 Å². The number of aromatic amines is 1. The predicted molar refractivity (Wildman–Crippen MR) is 131 cm³/mol. The van der Waals surface area contributed by atoms with Gasteiger partial charge in [-0.3, -0.25) is 9.11 Å². The van der Waals surface area contributed by atoms with Crippen molar-refractivity contribution >= 4 is 27.4 Å². The molecule has 9 nitrogen and oxygen atoms in total. The highest BCUT2D eigenvalue weighted by Gasteiger charge is 2.33. The average molecular weight is 476 g/mol. The quantitative estimate of drug-likeness (QED) is 0.389. The summed E-state index contributed by atoms with van der Waals surface area (Å²) < 4.78 is 22.8. The van der Waals surface area contributed by atoms with Crippen LogP contribution in [0.15, 0.2) is 54.2 Å². The maximum Gasteiger partial charge on any atom is 0.152 e. The minimum absolute atomic E-state index is 0.0297. The Morgan fingerprint density at radius 2 is 2.15 bits per heavy atom. The number of nitrogens with zero attached hydrogens (tertiary/aromatic N) is 6. The van der Waals surface area contributed by atoms with Crippen LogP contribution in [0.4, 0.5) is 5.82 Å². The van der Waals surface area contributed by atoms with Gasteiger partial charge in [0, 0.05) is 48.4 Å². The normalized spacial score (nSPS) is 20.9. The van der Waals surface area contributed by atoms with Gasteiger partial charge in [-0.1, -0.05) is 6.07 Å². The number of rotatable bonds is 5. The Balaban J connectivity index is 1.25. The first kappa shape index (κ1) is 21.2. The predicted octanol–water partition coefficient (Wildman–Crippen LogP) is 4.47. The first-order valence-corrected chi connectivity index (χ1v) is 13.1. The lowest BCUT2D eigenvalue weighted by Crippen LogP contribution is -2.25. The van der Waals surface area contributed by atoms with Crippen molar-refractivity contribution in [2.45, 2.75) is 30.3 Å². The summed E-state index contributed by atoms with van der Waals surface area (Å²) in [5.41, 5.74) is 3.60. The zero-order chi connectivity index (χ0) is 23.3. The fourth-order valence-electron chi connectivity index (χ4n) is 5.24. The molecule has 0 radical (unpaired) electrons. The fourth-order valence-corrected chi connectivity index (χ4v) is 6.77. The van der Waals surface area contributed by atoms with Crippen LogP contribution in [0.5, 0.6) is 0 Å². The van der Waals surface area contributed by atoms with Crippen LogP contribution in [0.25, 0.3) is 22.3 Å². The average Bonchev–Trinajstić information content (AvgIpc) is 3.63. The summed E-state index contributed by atoms with van der Waals surface area (Å²) in [5, 5.41) is 11.0. The van der Waals surface area contributed by atoms with E-state index in [1.165, 1.54) is 0 Å². The van der Waals surface area contributed by atoms with E-state index in [2.05, 4.69) is 41.7 Å². The number of pyridine rings is 1. The smallest absolute Gasteiger partial charge is 0.152 e. The number of aryl methyl sites for hydroxylation is 1. The monoisotopic (exact) mass is 475 g/mol. The molecular weight excluding hydrogens is 450 g/mol. The molecule has 2 unspecified atom stereocenters. The summed E-state index contributed by atoms with van der Waals surface area (Å²) in [6.07, 6.45) is 9.53. The van der Waals surface area contributed by atoms with E-state index >= 15 is 0 Å². The standard InChI is InChI=1S/C24H25N7O2S/c25-8-3-20(30-10-6-18(14-30)22-19-4-9-26-23(19)28-15-27-22)17-5-11-31(13-17)21-2-1-16-7-12-34(32,33)24(16)29-21/h1-2,4,6,9-10,14-15,17,20,32-33H,3,5,7,11-13H2,(H,26,27,28). The van der Waals surface area contributed by atoms with Crippen molar-refractivity contribution in [1.29, 1.82) is 5.26 Å². The zero-order valence-corrected chi connectivity index (χ0v) is 19.3. The van der Waals surface area contributed by atoms with Crippen LogP contribution in [-0.2, 0) is 6.42 Å². The van der Waals surface area contributed by atoms with Crippen molar-refractivity contribution in [2.75, 3.05) is 23.7 Å². The van der Waals surface area contributed by atoms with E-state index in [0.29, 0.717) is 23.6 Å². The Morgan fingerprint density at radius 1 is 1.24 bits per heavy atom. The van der Waals surface area contributed by atoms with Gasteiger partial charge in [-0.05, 0) is 42.5 Å². The number of fused-ring (bicyclic) bond motifs is 2. The number of anilines is 1. The first-order chi connectivity index (χ1) is 16.5. The second kappa shape index (κ2) is 8.13. The molecule has 0 spiro atoms. The minimum Gasteiger partial charge on any atom is -0.356 e. The molecule has 0 aromatic carbocycles. The summed E-state index contributed by atoms with van der Waals surface area (Å²) in [4.78, 5) is 18.7. The van der Waals surface area contributed by atoms with Gasteiger partial charge in [-0.25, -0.2) is 15.0 Å². The molecule has 10 heteroatoms. The third-order valence-electron chi connectivity index (χ3n) is 7.01. The van der Waals surface area contributed by atoms with Crippen LogP contribution in [0.2, 0.25) is 0 Å². The van der Waals surface area contributed by atoms with Crippen LogP contribution in [0, 0.1) is 17.2 Å². The van der Waals surface area contributed by atoms with Crippen LogP contribution < -0.4 is 4.90 Å². The molecular formula is C24H25N7O2S. The van der Waals surface area contributed by atoms with Gasteiger partial charge >= 0.3 is 0 Å². The molecule has 4 aromatic heterocycles. The number of H-pyrrole nitrogens is 1. The molecule has 3 N–H and O–H groups in total. The summed E-state index contributed by atoms with van der Waals surface area (Å²) in [5.74, 6) is 1.42. The van der Waals surface area contributed by atoms with Gasteiger partial charge in [0.15, 0.2) is 5.03 Å². The van der Waals surface area contributed by atoms with Gasteiger partial charge < -0.3 is 14.5 Å².